The van der Waals surface area contributed by atoms with Crippen molar-refractivity contribution in [2.24, 2.45) is 34.5 Å². The predicted molar refractivity (Wildman–Crippen MR) is 153 cm³/mol. The Bertz CT molecular complexity index is 1430. The van der Waals surface area contributed by atoms with Crippen molar-refractivity contribution in [3.05, 3.63) is 53.1 Å². The van der Waals surface area contributed by atoms with Crippen LogP contribution in [-0.4, -0.2) is 50.9 Å². The van der Waals surface area contributed by atoms with Gasteiger partial charge in [-0.3, -0.25) is 9.59 Å². The average Bonchev–Trinajstić information content (AvgIpc) is 3.66. The zero-order valence-corrected chi connectivity index (χ0v) is 24.4. The lowest BCUT2D eigenvalue weighted by Gasteiger charge is -2.60. The third-order valence-corrected chi connectivity index (χ3v) is 11.9. The van der Waals surface area contributed by atoms with Crippen LogP contribution in [-0.2, 0) is 25.5 Å². The number of halogens is 1. The van der Waals surface area contributed by atoms with Gasteiger partial charge in [-0.25, -0.2) is 9.07 Å². The highest BCUT2D eigenvalue weighted by Gasteiger charge is 2.70. The Hall–Kier alpha value is -2.49. The normalized spacial score (nSPS) is 39.2. The summed E-state index contributed by atoms with van der Waals surface area (Å²) in [6.45, 7) is 5.14. The van der Waals surface area contributed by atoms with Gasteiger partial charge in [0.1, 0.15) is 5.82 Å². The maximum atomic E-state index is 13.6. The van der Waals surface area contributed by atoms with E-state index in [4.69, 9.17) is 9.47 Å². The van der Waals surface area contributed by atoms with Crippen molar-refractivity contribution in [3.8, 4) is 5.69 Å². The van der Waals surface area contributed by atoms with Crippen molar-refractivity contribution in [2.45, 2.75) is 70.5 Å². The van der Waals surface area contributed by atoms with E-state index in [1.54, 1.807) is 12.1 Å². The van der Waals surface area contributed by atoms with Gasteiger partial charge in [0.05, 0.1) is 36.2 Å². The first-order valence-electron chi connectivity index (χ1n) is 14.8. The third-order valence-electron chi connectivity index (χ3n) is 11.5. The molecule has 3 saturated carbocycles. The molecule has 9 heteroatoms. The smallest absolute Gasteiger partial charge is 0.312 e. The second kappa shape index (κ2) is 9.51. The van der Waals surface area contributed by atoms with Gasteiger partial charge in [-0.15, -0.1) is 12.6 Å². The summed E-state index contributed by atoms with van der Waals surface area (Å²) >= 11 is 4.31. The van der Waals surface area contributed by atoms with Gasteiger partial charge in [-0.1, -0.05) is 19.4 Å². The number of ether oxygens (including phenoxy) is 2. The molecule has 5 aliphatic rings. The highest BCUT2D eigenvalue weighted by atomic mass is 32.1. The molecule has 0 radical (unpaired) electrons. The van der Waals surface area contributed by atoms with Crippen LogP contribution in [0, 0.1) is 40.3 Å². The standard InChI is InChI=1S/C32H37FN2O5S/c1-30-14-19-16-34-35(22-6-4-21(33)5-7-22)25(19)13-20(30)3-8-23-24-9-11-32(29(38)41,31(24,2)15-26(36)27(23)30)40-28(37)18-10-12-39-17-18/h4-7,13,16,18,23-24,26-27,36H,3,8-12,14-15,17H2,1-2H3,(H,38,41)/t18?,23-,24-,26-,27+,30-,31-,32-/m0/s1. The Morgan fingerprint density at radius 1 is 1.20 bits per heavy atom. The van der Waals surface area contributed by atoms with E-state index in [-0.39, 0.29) is 40.9 Å². The topological polar surface area (TPSA) is 90.7 Å². The van der Waals surface area contributed by atoms with Crippen LogP contribution in [0.2, 0.25) is 0 Å². The predicted octanol–water partition coefficient (Wildman–Crippen LogP) is 4.94. The molecular weight excluding hydrogens is 543 g/mol. The molecule has 7 rings (SSSR count). The van der Waals surface area contributed by atoms with Gasteiger partial charge in [0.15, 0.2) is 5.60 Å². The lowest BCUT2D eigenvalue weighted by Crippen LogP contribution is -2.62. The quantitative estimate of drug-likeness (QED) is 0.394. The Labute approximate surface area is 244 Å². The summed E-state index contributed by atoms with van der Waals surface area (Å²) in [5.41, 5.74) is 1.93. The van der Waals surface area contributed by atoms with Crippen LogP contribution in [0.4, 0.5) is 4.39 Å². The van der Waals surface area contributed by atoms with Gasteiger partial charge < -0.3 is 14.6 Å². The number of carbonyl (C=O) groups excluding carboxylic acids is 2. The molecule has 4 aliphatic carbocycles. The Kier molecular flexibility index (Phi) is 6.34. The number of hydrogen-bond acceptors (Lipinski definition) is 6. The summed E-state index contributed by atoms with van der Waals surface area (Å²) in [6, 6.07) is 6.36. The summed E-state index contributed by atoms with van der Waals surface area (Å²) < 4.78 is 27.0. The fourth-order valence-electron chi connectivity index (χ4n) is 9.50. The first-order valence-corrected chi connectivity index (χ1v) is 15.3. The van der Waals surface area contributed by atoms with E-state index in [2.05, 4.69) is 30.7 Å². The molecule has 2 aromatic rings. The number of esters is 1. The first-order chi connectivity index (χ1) is 19.6. The van der Waals surface area contributed by atoms with Crippen LogP contribution >= 0.6 is 12.6 Å². The monoisotopic (exact) mass is 580 g/mol. The minimum absolute atomic E-state index is 0.00708. The Morgan fingerprint density at radius 3 is 2.68 bits per heavy atom. The van der Waals surface area contributed by atoms with E-state index >= 15 is 0 Å². The minimum atomic E-state index is -1.35. The van der Waals surface area contributed by atoms with Crippen molar-refractivity contribution < 1.29 is 28.6 Å². The van der Waals surface area contributed by atoms with Crippen LogP contribution in [0.15, 0.2) is 36.0 Å². The molecule has 1 N–H and O–H groups in total. The van der Waals surface area contributed by atoms with Gasteiger partial charge in [-0.2, -0.15) is 5.10 Å². The molecule has 7 nitrogen and oxygen atoms in total. The minimum Gasteiger partial charge on any atom is -0.449 e. The highest BCUT2D eigenvalue weighted by Crippen LogP contribution is 2.68. The van der Waals surface area contributed by atoms with E-state index in [9.17, 15) is 19.1 Å². The Balaban J connectivity index is 1.21. The number of aromatic nitrogens is 2. The van der Waals surface area contributed by atoms with Crippen LogP contribution in [0.1, 0.15) is 63.6 Å². The van der Waals surface area contributed by atoms with Crippen molar-refractivity contribution in [2.75, 3.05) is 13.2 Å². The van der Waals surface area contributed by atoms with Crippen molar-refractivity contribution in [1.82, 2.24) is 9.78 Å². The molecule has 1 saturated heterocycles. The van der Waals surface area contributed by atoms with E-state index in [0.29, 0.717) is 32.5 Å². The number of thiol groups is 1. The van der Waals surface area contributed by atoms with E-state index in [1.807, 2.05) is 17.8 Å². The van der Waals surface area contributed by atoms with Crippen LogP contribution < -0.4 is 0 Å². The third kappa shape index (κ3) is 3.87. The molecule has 8 atom stereocenters. The van der Waals surface area contributed by atoms with E-state index in [0.717, 1.165) is 42.6 Å². The molecular formula is C32H37FN2O5S. The first kappa shape index (κ1) is 27.3. The van der Waals surface area contributed by atoms with Crippen molar-refractivity contribution >= 4 is 29.8 Å². The summed E-state index contributed by atoms with van der Waals surface area (Å²) in [5.74, 6) is -0.717. The molecule has 4 fully saturated rings. The molecule has 41 heavy (non-hydrogen) atoms. The van der Waals surface area contributed by atoms with Crippen LogP contribution in [0.5, 0.6) is 0 Å². The molecule has 0 amide bonds. The van der Waals surface area contributed by atoms with Gasteiger partial charge >= 0.3 is 5.97 Å². The molecule has 0 bridgehead atoms. The fourth-order valence-corrected chi connectivity index (χ4v) is 9.91. The molecule has 1 unspecified atom stereocenters. The molecule has 1 aliphatic heterocycles. The highest BCUT2D eigenvalue weighted by molar-refractivity contribution is 7.96. The second-order valence-corrected chi connectivity index (χ2v) is 13.8. The molecule has 218 valence electrons. The largest absolute Gasteiger partial charge is 0.449 e. The summed E-state index contributed by atoms with van der Waals surface area (Å²) in [5, 5.41) is 16.2. The SMILES string of the molecule is C[C@]12Cc3cnn(-c4ccc(F)cc4)c3C=C1CC[C@@H]1[C@@H]2[C@@H](O)C[C@@]2(C)[C@H]1CC[C@]2(OC(=O)C1CCOC1)C(=O)S. The number of carbonyl (C=O) groups is 2. The summed E-state index contributed by atoms with van der Waals surface area (Å²) in [6.07, 6.45) is 8.15. The number of fused-ring (bicyclic) bond motifs is 6. The fraction of sp³-hybridized carbons (Fsp3) is 0.594. The number of aliphatic hydroxyl groups is 1. The van der Waals surface area contributed by atoms with Crippen LogP contribution in [0.3, 0.4) is 0 Å². The summed E-state index contributed by atoms with van der Waals surface area (Å²) in [4.78, 5) is 26.4. The van der Waals surface area contributed by atoms with Crippen molar-refractivity contribution in [1.29, 1.82) is 0 Å². The molecule has 0 spiro atoms. The van der Waals surface area contributed by atoms with Gasteiger partial charge in [0.2, 0.25) is 5.12 Å². The Morgan fingerprint density at radius 2 is 1.98 bits per heavy atom. The van der Waals surface area contributed by atoms with Crippen LogP contribution in [0.25, 0.3) is 11.8 Å². The molecule has 1 aromatic heterocycles. The molecule has 1 aromatic carbocycles. The van der Waals surface area contributed by atoms with E-state index in [1.165, 1.54) is 17.7 Å². The number of benzene rings is 1. The second-order valence-electron chi connectivity index (χ2n) is 13.4. The number of aliphatic hydroxyl groups excluding tert-OH is 1. The maximum absolute atomic E-state index is 13.6. The average molecular weight is 581 g/mol. The van der Waals surface area contributed by atoms with Crippen molar-refractivity contribution in [3.63, 3.8) is 0 Å². The number of allylic oxidation sites excluding steroid dienone is 1. The number of rotatable bonds is 4. The number of nitrogens with zero attached hydrogens (tertiary/aromatic N) is 2. The lowest BCUT2D eigenvalue weighted by molar-refractivity contribution is -0.199. The van der Waals surface area contributed by atoms with Gasteiger partial charge in [-0.05, 0) is 104 Å². The maximum Gasteiger partial charge on any atom is 0.312 e. The summed E-state index contributed by atoms with van der Waals surface area (Å²) in [7, 11) is 0. The van der Waals surface area contributed by atoms with Gasteiger partial charge in [0, 0.05) is 12.0 Å². The zero-order valence-electron chi connectivity index (χ0n) is 23.5. The lowest BCUT2D eigenvalue weighted by atomic mass is 9.45. The van der Waals surface area contributed by atoms with Gasteiger partial charge in [0.25, 0.3) is 0 Å². The van der Waals surface area contributed by atoms with E-state index < -0.39 is 22.2 Å². The molecule has 2 heterocycles. The zero-order chi connectivity index (χ0) is 28.7. The number of hydrogen-bond donors (Lipinski definition) is 2.